The smallest absolute Gasteiger partial charge is 0.119 e. The van der Waals surface area contributed by atoms with Gasteiger partial charge in [-0.2, -0.15) is 0 Å². The van der Waals surface area contributed by atoms with Gasteiger partial charge in [0.15, 0.2) is 0 Å². The third kappa shape index (κ3) is 3.50. The molecule has 0 bridgehead atoms. The van der Waals surface area contributed by atoms with Gasteiger partial charge in [-0.05, 0) is 42.4 Å². The number of methoxy groups -OCH3 is 1. The predicted molar refractivity (Wildman–Crippen MR) is 78.8 cm³/mol. The van der Waals surface area contributed by atoms with Crippen molar-refractivity contribution >= 4 is 0 Å². The van der Waals surface area contributed by atoms with E-state index in [4.69, 9.17) is 9.47 Å². The normalized spacial score (nSPS) is 19.2. The van der Waals surface area contributed by atoms with Crippen molar-refractivity contribution in [3.8, 4) is 5.75 Å². The van der Waals surface area contributed by atoms with Gasteiger partial charge in [0.2, 0.25) is 0 Å². The summed E-state index contributed by atoms with van der Waals surface area (Å²) in [5, 5.41) is 0. The van der Waals surface area contributed by atoms with Crippen LogP contribution in [0.25, 0.3) is 0 Å². The summed E-state index contributed by atoms with van der Waals surface area (Å²) in [6.45, 7) is 8.71. The first-order valence-corrected chi connectivity index (χ1v) is 7.18. The average Bonchev–Trinajstić information content (AvgIpc) is 2.38. The van der Waals surface area contributed by atoms with E-state index in [1.54, 1.807) is 7.11 Å². The molecule has 0 radical (unpaired) electrons. The van der Waals surface area contributed by atoms with E-state index in [9.17, 15) is 0 Å². The molecule has 1 aromatic rings. The molecule has 0 amide bonds. The van der Waals surface area contributed by atoms with E-state index in [0.717, 1.165) is 31.8 Å². The molecule has 2 heteroatoms. The molecular weight excluding hydrogens is 236 g/mol. The minimum absolute atomic E-state index is 0.241. The van der Waals surface area contributed by atoms with Gasteiger partial charge in [-0.15, -0.1) is 0 Å². The van der Waals surface area contributed by atoms with Gasteiger partial charge in [-0.3, -0.25) is 0 Å². The fourth-order valence-corrected chi connectivity index (χ4v) is 3.30. The lowest BCUT2D eigenvalue weighted by Gasteiger charge is -2.42. The van der Waals surface area contributed by atoms with Crippen molar-refractivity contribution in [3.63, 3.8) is 0 Å². The van der Waals surface area contributed by atoms with Crippen molar-refractivity contribution in [2.75, 3.05) is 20.3 Å². The second-order valence-electron chi connectivity index (χ2n) is 6.86. The number of hydrogen-bond donors (Lipinski definition) is 0. The second-order valence-corrected chi connectivity index (χ2v) is 6.86. The van der Waals surface area contributed by atoms with Crippen LogP contribution < -0.4 is 4.74 Å². The summed E-state index contributed by atoms with van der Waals surface area (Å²) in [7, 11) is 1.74. The zero-order valence-electron chi connectivity index (χ0n) is 12.7. The van der Waals surface area contributed by atoms with Crippen molar-refractivity contribution in [1.29, 1.82) is 0 Å². The number of hydrogen-bond acceptors (Lipinski definition) is 2. The second kappa shape index (κ2) is 5.54. The third-order valence-electron chi connectivity index (χ3n) is 4.00. The van der Waals surface area contributed by atoms with Crippen LogP contribution in [-0.4, -0.2) is 20.3 Å². The Bertz CT molecular complexity index is 412. The molecule has 1 aromatic carbocycles. The van der Waals surface area contributed by atoms with Gasteiger partial charge in [0.25, 0.3) is 0 Å². The molecule has 0 saturated carbocycles. The highest BCUT2D eigenvalue weighted by atomic mass is 16.5. The van der Waals surface area contributed by atoms with Crippen LogP contribution in [0.4, 0.5) is 0 Å². The van der Waals surface area contributed by atoms with Crippen LogP contribution in [0.5, 0.6) is 5.75 Å². The largest absolute Gasteiger partial charge is 0.497 e. The van der Waals surface area contributed by atoms with Crippen molar-refractivity contribution in [3.05, 3.63) is 29.8 Å². The summed E-state index contributed by atoms with van der Waals surface area (Å²) in [6, 6.07) is 8.58. The van der Waals surface area contributed by atoms with Crippen LogP contribution in [0.15, 0.2) is 24.3 Å². The summed E-state index contributed by atoms with van der Waals surface area (Å²) in [5.74, 6) is 0.956. The molecule has 1 heterocycles. The molecule has 0 aromatic heterocycles. The minimum Gasteiger partial charge on any atom is -0.497 e. The number of ether oxygens (including phenoxy) is 2. The molecule has 2 nitrogen and oxygen atoms in total. The van der Waals surface area contributed by atoms with E-state index in [2.05, 4.69) is 39.0 Å². The maximum Gasteiger partial charge on any atom is 0.119 e. The summed E-state index contributed by atoms with van der Waals surface area (Å²) in [5.41, 5.74) is 1.97. The summed E-state index contributed by atoms with van der Waals surface area (Å²) in [4.78, 5) is 0. The van der Waals surface area contributed by atoms with Crippen LogP contribution in [0.3, 0.4) is 0 Å². The molecule has 0 unspecified atom stereocenters. The molecule has 2 rings (SSSR count). The van der Waals surface area contributed by atoms with E-state index in [1.165, 1.54) is 12.0 Å². The monoisotopic (exact) mass is 262 g/mol. The van der Waals surface area contributed by atoms with Crippen LogP contribution in [0.2, 0.25) is 0 Å². The Labute approximate surface area is 117 Å². The van der Waals surface area contributed by atoms with Gasteiger partial charge in [-0.1, -0.05) is 32.9 Å². The first kappa shape index (κ1) is 14.4. The molecule has 106 valence electrons. The van der Waals surface area contributed by atoms with Crippen molar-refractivity contribution < 1.29 is 9.47 Å². The molecule has 0 N–H and O–H groups in total. The topological polar surface area (TPSA) is 18.5 Å². The molecule has 1 aliphatic rings. The van der Waals surface area contributed by atoms with E-state index >= 15 is 0 Å². The van der Waals surface area contributed by atoms with E-state index < -0.39 is 0 Å². The van der Waals surface area contributed by atoms with Gasteiger partial charge >= 0.3 is 0 Å². The molecular formula is C17H26O2. The van der Waals surface area contributed by atoms with Crippen LogP contribution >= 0.6 is 0 Å². The average molecular weight is 262 g/mol. The van der Waals surface area contributed by atoms with Crippen molar-refractivity contribution in [1.82, 2.24) is 0 Å². The SMILES string of the molecule is COc1cccc(C2(CC(C)(C)C)CCOCC2)c1. The molecule has 1 saturated heterocycles. The number of rotatable bonds is 3. The highest BCUT2D eigenvalue weighted by molar-refractivity contribution is 5.34. The zero-order chi connectivity index (χ0) is 13.9. The Morgan fingerprint density at radius 3 is 2.47 bits per heavy atom. The molecule has 0 atom stereocenters. The maximum absolute atomic E-state index is 5.59. The lowest BCUT2D eigenvalue weighted by molar-refractivity contribution is 0.0339. The predicted octanol–water partition coefficient (Wildman–Crippen LogP) is 4.18. The van der Waals surface area contributed by atoms with Crippen LogP contribution in [0, 0.1) is 5.41 Å². The Morgan fingerprint density at radius 1 is 1.21 bits per heavy atom. The Balaban J connectivity index is 2.35. The highest BCUT2D eigenvalue weighted by Gasteiger charge is 2.37. The quantitative estimate of drug-likeness (QED) is 0.813. The Morgan fingerprint density at radius 2 is 1.89 bits per heavy atom. The number of benzene rings is 1. The molecule has 19 heavy (non-hydrogen) atoms. The maximum atomic E-state index is 5.59. The van der Waals surface area contributed by atoms with Gasteiger partial charge < -0.3 is 9.47 Å². The van der Waals surface area contributed by atoms with E-state index in [-0.39, 0.29) is 5.41 Å². The van der Waals surface area contributed by atoms with Crippen molar-refractivity contribution in [2.45, 2.75) is 45.4 Å². The highest BCUT2D eigenvalue weighted by Crippen LogP contribution is 2.44. The van der Waals surface area contributed by atoms with Crippen molar-refractivity contribution in [2.24, 2.45) is 5.41 Å². The Kier molecular flexibility index (Phi) is 4.19. The summed E-state index contributed by atoms with van der Waals surface area (Å²) < 4.78 is 11.0. The van der Waals surface area contributed by atoms with Crippen LogP contribution in [-0.2, 0) is 10.2 Å². The van der Waals surface area contributed by atoms with Gasteiger partial charge in [-0.25, -0.2) is 0 Å². The molecule has 1 fully saturated rings. The fraction of sp³-hybridized carbons (Fsp3) is 0.647. The standard InChI is InChI=1S/C17H26O2/c1-16(2,3)13-17(8-10-19-11-9-17)14-6-5-7-15(12-14)18-4/h5-7,12H,8-11,13H2,1-4H3. The van der Waals surface area contributed by atoms with E-state index in [1.807, 2.05) is 6.07 Å². The summed E-state index contributed by atoms with van der Waals surface area (Å²) >= 11 is 0. The summed E-state index contributed by atoms with van der Waals surface area (Å²) in [6.07, 6.45) is 3.41. The fourth-order valence-electron chi connectivity index (χ4n) is 3.30. The molecule has 0 spiro atoms. The van der Waals surface area contributed by atoms with Gasteiger partial charge in [0.05, 0.1) is 7.11 Å². The first-order chi connectivity index (χ1) is 8.95. The lowest BCUT2D eigenvalue weighted by Crippen LogP contribution is -2.37. The van der Waals surface area contributed by atoms with E-state index in [0.29, 0.717) is 5.41 Å². The zero-order valence-corrected chi connectivity index (χ0v) is 12.7. The third-order valence-corrected chi connectivity index (χ3v) is 4.00. The lowest BCUT2D eigenvalue weighted by atomic mass is 9.65. The first-order valence-electron chi connectivity index (χ1n) is 7.18. The minimum atomic E-state index is 0.241. The van der Waals surface area contributed by atoms with Gasteiger partial charge in [0, 0.05) is 18.6 Å². The van der Waals surface area contributed by atoms with Gasteiger partial charge in [0.1, 0.15) is 5.75 Å². The molecule has 1 aliphatic heterocycles. The molecule has 0 aliphatic carbocycles. The Hall–Kier alpha value is -1.02. The van der Waals surface area contributed by atoms with Crippen LogP contribution in [0.1, 0.15) is 45.6 Å².